The first kappa shape index (κ1) is 18.3. The lowest BCUT2D eigenvalue weighted by Crippen LogP contribution is -2.48. The summed E-state index contributed by atoms with van der Waals surface area (Å²) in [4.78, 5) is 29.8. The van der Waals surface area contributed by atoms with Crippen molar-refractivity contribution in [2.75, 3.05) is 26.2 Å². The lowest BCUT2D eigenvalue weighted by atomic mass is 9.83. The van der Waals surface area contributed by atoms with Gasteiger partial charge >= 0.3 is 0 Å². The summed E-state index contributed by atoms with van der Waals surface area (Å²) in [6, 6.07) is 7.35. The van der Waals surface area contributed by atoms with Gasteiger partial charge in [-0.05, 0) is 36.6 Å². The molecule has 3 aliphatic heterocycles. The zero-order valence-electron chi connectivity index (χ0n) is 16.5. The number of amides is 1. The molecule has 2 bridgehead atoms. The molecule has 1 saturated carbocycles. The van der Waals surface area contributed by atoms with Gasteiger partial charge in [0.25, 0.3) is 17.4 Å². The summed E-state index contributed by atoms with van der Waals surface area (Å²) < 4.78 is 34.1. The van der Waals surface area contributed by atoms with Gasteiger partial charge in [-0.1, -0.05) is 0 Å². The molecule has 3 fully saturated rings. The highest BCUT2D eigenvalue weighted by Gasteiger charge is 2.72. The highest BCUT2D eigenvalue weighted by Crippen LogP contribution is 2.59. The minimum absolute atomic E-state index is 0.0463. The van der Waals surface area contributed by atoms with Crippen LogP contribution >= 0.6 is 0 Å². The predicted molar refractivity (Wildman–Crippen MR) is 103 cm³/mol. The second-order valence-corrected chi connectivity index (χ2v) is 9.26. The zero-order valence-corrected chi connectivity index (χ0v) is 16.5. The number of carbonyl (C=O) groups is 1. The SMILES string of the molecule is O=C(c1ccc2n(c1=O)C[C@H]1C[C@@H]2CN(Cc2ccco2)C1)N1CC2C(C1)C2(F)F. The summed E-state index contributed by atoms with van der Waals surface area (Å²) >= 11 is 0. The number of furan rings is 1. The first-order valence-electron chi connectivity index (χ1n) is 10.6. The van der Waals surface area contributed by atoms with Gasteiger partial charge in [0.15, 0.2) is 0 Å². The summed E-state index contributed by atoms with van der Waals surface area (Å²) in [5.74, 6) is -3.01. The quantitative estimate of drug-likeness (QED) is 0.773. The molecule has 0 radical (unpaired) electrons. The molecule has 4 atom stereocenters. The Morgan fingerprint density at radius 2 is 1.90 bits per heavy atom. The molecule has 2 aromatic heterocycles. The number of alkyl halides is 2. The summed E-state index contributed by atoms with van der Waals surface area (Å²) in [6.45, 7) is 3.15. The van der Waals surface area contributed by atoms with E-state index in [1.807, 2.05) is 18.2 Å². The molecule has 1 aliphatic carbocycles. The predicted octanol–water partition coefficient (Wildman–Crippen LogP) is 2.40. The van der Waals surface area contributed by atoms with Gasteiger partial charge in [0.05, 0.1) is 24.6 Å². The van der Waals surface area contributed by atoms with E-state index in [2.05, 4.69) is 4.90 Å². The maximum Gasteiger partial charge on any atom is 0.263 e. The van der Waals surface area contributed by atoms with Gasteiger partial charge in [-0.3, -0.25) is 14.5 Å². The maximum absolute atomic E-state index is 13.5. The Balaban J connectivity index is 1.23. The number of nitrogens with zero attached hydrogens (tertiary/aromatic N) is 3. The van der Waals surface area contributed by atoms with Crippen LogP contribution in [0.3, 0.4) is 0 Å². The number of rotatable bonds is 3. The normalized spacial score (nSPS) is 31.3. The fourth-order valence-corrected chi connectivity index (χ4v) is 5.80. The number of likely N-dealkylation sites (tertiary alicyclic amines) is 2. The van der Waals surface area contributed by atoms with E-state index in [4.69, 9.17) is 4.42 Å². The van der Waals surface area contributed by atoms with E-state index >= 15 is 0 Å². The molecular weight excluding hydrogens is 392 g/mol. The standard InChI is InChI=1S/C22H23F2N3O3/c23-22(24)17-11-26(12-18(17)22)20(28)16-3-4-19-14-6-13(8-27(19)21(16)29)7-25(9-14)10-15-2-1-5-30-15/h1-5,13-14,17-18H,6-12H2/t13-,14+,17?,18?/m0/s1. The zero-order chi connectivity index (χ0) is 20.6. The molecule has 5 heterocycles. The second kappa shape index (κ2) is 6.26. The van der Waals surface area contributed by atoms with E-state index in [0.29, 0.717) is 12.5 Å². The van der Waals surface area contributed by atoms with Crippen LogP contribution < -0.4 is 5.56 Å². The number of hydrogen-bond donors (Lipinski definition) is 0. The molecule has 0 N–H and O–H groups in total. The van der Waals surface area contributed by atoms with E-state index in [1.54, 1.807) is 16.9 Å². The lowest BCUT2D eigenvalue weighted by Gasteiger charge is -2.42. The summed E-state index contributed by atoms with van der Waals surface area (Å²) in [5.41, 5.74) is 0.794. The number of pyridine rings is 1. The molecule has 6 nitrogen and oxygen atoms in total. The van der Waals surface area contributed by atoms with Gasteiger partial charge in [-0.2, -0.15) is 0 Å². The van der Waals surface area contributed by atoms with Crippen molar-refractivity contribution >= 4 is 5.91 Å². The highest BCUT2D eigenvalue weighted by molar-refractivity contribution is 5.94. The average Bonchev–Trinajstić information content (AvgIpc) is 3.19. The number of piperidine rings is 2. The highest BCUT2D eigenvalue weighted by atomic mass is 19.3. The van der Waals surface area contributed by atoms with Crippen molar-refractivity contribution in [1.29, 1.82) is 0 Å². The van der Waals surface area contributed by atoms with Crippen LogP contribution in [0.2, 0.25) is 0 Å². The Bertz CT molecular complexity index is 1050. The van der Waals surface area contributed by atoms with Crippen LogP contribution in [-0.4, -0.2) is 52.4 Å². The molecule has 8 heteroatoms. The summed E-state index contributed by atoms with van der Waals surface area (Å²) in [7, 11) is 0. The Labute approximate surface area is 172 Å². The Kier molecular flexibility index (Phi) is 3.82. The van der Waals surface area contributed by atoms with Crippen LogP contribution in [0.25, 0.3) is 0 Å². The largest absolute Gasteiger partial charge is 0.468 e. The number of halogens is 2. The van der Waals surface area contributed by atoms with Crippen LogP contribution in [0.4, 0.5) is 8.78 Å². The number of carbonyl (C=O) groups excluding carboxylic acids is 1. The first-order chi connectivity index (χ1) is 14.4. The molecule has 2 saturated heterocycles. The first-order valence-corrected chi connectivity index (χ1v) is 10.6. The molecule has 2 aromatic rings. The van der Waals surface area contributed by atoms with Gasteiger partial charge in [0, 0.05) is 44.3 Å². The monoisotopic (exact) mass is 415 g/mol. The van der Waals surface area contributed by atoms with Gasteiger partial charge in [-0.15, -0.1) is 0 Å². The molecular formula is C22H23F2N3O3. The molecule has 2 unspecified atom stereocenters. The smallest absolute Gasteiger partial charge is 0.263 e. The molecule has 0 spiro atoms. The van der Waals surface area contributed by atoms with Crippen LogP contribution in [-0.2, 0) is 13.1 Å². The minimum atomic E-state index is -2.64. The summed E-state index contributed by atoms with van der Waals surface area (Å²) in [6.07, 6.45) is 2.71. The van der Waals surface area contributed by atoms with Crippen molar-refractivity contribution in [3.8, 4) is 0 Å². The average molecular weight is 415 g/mol. The topological polar surface area (TPSA) is 58.7 Å². The molecule has 6 rings (SSSR count). The Morgan fingerprint density at radius 3 is 2.63 bits per heavy atom. The van der Waals surface area contributed by atoms with Crippen LogP contribution in [0.15, 0.2) is 39.7 Å². The van der Waals surface area contributed by atoms with Crippen molar-refractivity contribution in [2.24, 2.45) is 17.8 Å². The fourth-order valence-electron chi connectivity index (χ4n) is 5.80. The minimum Gasteiger partial charge on any atom is -0.468 e. The third-order valence-electron chi connectivity index (χ3n) is 7.36. The fraction of sp³-hybridized carbons (Fsp3) is 0.545. The van der Waals surface area contributed by atoms with Crippen molar-refractivity contribution < 1.29 is 18.0 Å². The molecule has 1 amide bonds. The number of aromatic nitrogens is 1. The second-order valence-electron chi connectivity index (χ2n) is 9.26. The third-order valence-corrected chi connectivity index (χ3v) is 7.36. The van der Waals surface area contributed by atoms with E-state index in [9.17, 15) is 18.4 Å². The number of hydrogen-bond acceptors (Lipinski definition) is 4. The van der Waals surface area contributed by atoms with Crippen molar-refractivity contribution in [3.05, 3.63) is 57.9 Å². The maximum atomic E-state index is 13.5. The third kappa shape index (κ3) is 2.69. The van der Waals surface area contributed by atoms with Gasteiger partial charge in [0.2, 0.25) is 0 Å². The van der Waals surface area contributed by atoms with Crippen LogP contribution in [0, 0.1) is 17.8 Å². The van der Waals surface area contributed by atoms with Crippen molar-refractivity contribution in [2.45, 2.75) is 31.4 Å². The van der Waals surface area contributed by atoms with Crippen molar-refractivity contribution in [1.82, 2.24) is 14.4 Å². The van der Waals surface area contributed by atoms with Gasteiger partial charge < -0.3 is 13.9 Å². The summed E-state index contributed by atoms with van der Waals surface area (Å²) in [5, 5.41) is 0. The molecule has 158 valence electrons. The van der Waals surface area contributed by atoms with Crippen LogP contribution in [0.1, 0.15) is 34.2 Å². The lowest BCUT2D eigenvalue weighted by molar-refractivity contribution is 0.0456. The molecule has 30 heavy (non-hydrogen) atoms. The van der Waals surface area contributed by atoms with Crippen molar-refractivity contribution in [3.63, 3.8) is 0 Å². The molecule has 0 aromatic carbocycles. The Hall–Kier alpha value is -2.48. The van der Waals surface area contributed by atoms with Gasteiger partial charge in [-0.25, -0.2) is 8.78 Å². The number of fused-ring (bicyclic) bond motifs is 5. The van der Waals surface area contributed by atoms with Crippen LogP contribution in [0.5, 0.6) is 0 Å². The van der Waals surface area contributed by atoms with E-state index in [-0.39, 0.29) is 30.1 Å². The van der Waals surface area contributed by atoms with Gasteiger partial charge in [0.1, 0.15) is 11.3 Å². The Morgan fingerprint density at radius 1 is 1.10 bits per heavy atom. The van der Waals surface area contributed by atoms with E-state index in [1.165, 1.54) is 4.90 Å². The van der Waals surface area contributed by atoms with E-state index < -0.39 is 23.7 Å². The molecule has 4 aliphatic rings. The van der Waals surface area contributed by atoms with E-state index in [0.717, 1.165) is 37.5 Å².